The molecular formula is C36H39N4O4P2+. The van der Waals surface area contributed by atoms with Crippen LogP contribution < -0.4 is 13.8 Å². The maximum Gasteiger partial charge on any atom is 0.318 e. The Morgan fingerprint density at radius 2 is 1.22 bits per heavy atom. The Morgan fingerprint density at radius 3 is 1.78 bits per heavy atom. The lowest BCUT2D eigenvalue weighted by molar-refractivity contribution is 0.202. The van der Waals surface area contributed by atoms with Gasteiger partial charge < -0.3 is 18.9 Å². The van der Waals surface area contributed by atoms with Gasteiger partial charge in [-0.15, -0.1) is 0 Å². The van der Waals surface area contributed by atoms with Gasteiger partial charge in [0.25, 0.3) is 5.75 Å². The van der Waals surface area contributed by atoms with Crippen LogP contribution in [0, 0.1) is 11.8 Å². The molecule has 0 saturated heterocycles. The maximum absolute atomic E-state index is 8.99. The van der Waals surface area contributed by atoms with E-state index in [9.17, 15) is 0 Å². The van der Waals surface area contributed by atoms with Crippen LogP contribution in [-0.4, -0.2) is 29.1 Å². The molecular weight excluding hydrogens is 614 g/mol. The summed E-state index contributed by atoms with van der Waals surface area (Å²) in [6.45, 7) is 2.97. The van der Waals surface area contributed by atoms with E-state index >= 15 is 0 Å². The highest BCUT2D eigenvalue weighted by Crippen LogP contribution is 2.48. The Kier molecular flexibility index (Phi) is 9.18. The molecule has 0 aliphatic carbocycles. The molecule has 1 aliphatic rings. The molecule has 2 atom stereocenters. The molecule has 7 rings (SSSR count). The van der Waals surface area contributed by atoms with Gasteiger partial charge in [-0.25, -0.2) is 0 Å². The normalized spacial score (nSPS) is 15.1. The molecule has 0 amide bonds. The van der Waals surface area contributed by atoms with Gasteiger partial charge in [0.1, 0.15) is 0 Å². The number of aromatic nitrogens is 4. The molecule has 0 saturated carbocycles. The molecule has 236 valence electrons. The van der Waals surface area contributed by atoms with Gasteiger partial charge in [0.05, 0.1) is 12.2 Å². The first-order valence-corrected chi connectivity index (χ1v) is 18.0. The summed E-state index contributed by atoms with van der Waals surface area (Å²) >= 11 is 0. The zero-order chi connectivity index (χ0) is 31.3. The van der Waals surface area contributed by atoms with Crippen molar-refractivity contribution in [3.63, 3.8) is 0 Å². The summed E-state index contributed by atoms with van der Waals surface area (Å²) in [5.41, 5.74) is 2.23. The third-order valence-electron chi connectivity index (χ3n) is 8.29. The van der Waals surface area contributed by atoms with E-state index in [1.54, 1.807) is 0 Å². The quantitative estimate of drug-likeness (QED) is 0.0923. The summed E-state index contributed by atoms with van der Waals surface area (Å²) in [7, 11) is -2.30. The van der Waals surface area contributed by atoms with Gasteiger partial charge in [0.2, 0.25) is 5.75 Å². The van der Waals surface area contributed by atoms with Crippen LogP contribution in [0.5, 0.6) is 23.0 Å². The first-order chi connectivity index (χ1) is 22.6. The van der Waals surface area contributed by atoms with Gasteiger partial charge >= 0.3 is 16.9 Å². The van der Waals surface area contributed by atoms with E-state index < -0.39 is 16.9 Å². The minimum Gasteiger partial charge on any atom is -0.590 e. The molecule has 0 bridgehead atoms. The molecule has 4 aromatic heterocycles. The number of ether oxygens (including phenoxy) is 1. The van der Waals surface area contributed by atoms with E-state index in [-0.39, 0.29) is 0 Å². The van der Waals surface area contributed by atoms with Gasteiger partial charge in [0, 0.05) is 49.6 Å². The van der Waals surface area contributed by atoms with Crippen molar-refractivity contribution in [3.8, 4) is 23.0 Å². The third-order valence-corrected chi connectivity index (χ3v) is 11.7. The standard InChI is InChI=1S/C36H38N4O4P2/c1-29(26-31-12-10-14-33(35(31)41)43-45(37-18-2-3-19-37)38-20-4-5-21-38)16-17-30-27-32-13-11-15-34(36(32)42-28-30)44-46(39-22-6-7-23-39)40-24-8-9-25-40/h2-15,18-25,29-30,41H,16-17,26-28H2,1H3/p+1/t29-,30?/m1/s1. The van der Waals surface area contributed by atoms with Crippen molar-refractivity contribution in [1.29, 1.82) is 0 Å². The minimum absolute atomic E-state index is 0.428. The number of hydrogen-bond donors (Lipinski definition) is 0. The highest BCUT2D eigenvalue weighted by Gasteiger charge is 2.27. The summed E-state index contributed by atoms with van der Waals surface area (Å²) in [5.74, 6) is 3.62. The van der Waals surface area contributed by atoms with Gasteiger partial charge in [-0.3, -0.25) is 17.4 Å². The molecule has 10 heteroatoms. The van der Waals surface area contributed by atoms with E-state index in [0.29, 0.717) is 29.9 Å². The van der Waals surface area contributed by atoms with Crippen molar-refractivity contribution < 1.29 is 18.9 Å². The monoisotopic (exact) mass is 653 g/mol. The largest absolute Gasteiger partial charge is 0.590 e. The van der Waals surface area contributed by atoms with Crippen LogP contribution in [-0.2, 0) is 12.8 Å². The Morgan fingerprint density at radius 1 is 0.717 bits per heavy atom. The molecule has 6 aromatic rings. The minimum atomic E-state index is -1.18. The zero-order valence-corrected chi connectivity index (χ0v) is 27.6. The maximum atomic E-state index is 8.99. The number of hydrogen-bond acceptors (Lipinski definition) is 3. The van der Waals surface area contributed by atoms with Gasteiger partial charge in [-0.05, 0) is 110 Å². The fourth-order valence-electron chi connectivity index (χ4n) is 5.90. The first kappa shape index (κ1) is 30.3. The van der Waals surface area contributed by atoms with E-state index in [4.69, 9.17) is 18.9 Å². The summed E-state index contributed by atoms with van der Waals surface area (Å²) in [5, 5.41) is 8.99. The van der Waals surface area contributed by atoms with Gasteiger partial charge in [0.15, 0.2) is 11.5 Å². The molecule has 1 aliphatic heterocycles. The number of nitrogens with zero attached hydrogens (tertiary/aromatic N) is 4. The molecule has 8 nitrogen and oxygen atoms in total. The van der Waals surface area contributed by atoms with E-state index in [1.807, 2.05) is 116 Å². The summed E-state index contributed by atoms with van der Waals surface area (Å²) in [4.78, 5) is 0. The second kappa shape index (κ2) is 13.9. The molecule has 2 aromatic carbocycles. The lowest BCUT2D eigenvalue weighted by Gasteiger charge is -2.29. The van der Waals surface area contributed by atoms with Crippen LogP contribution in [0.2, 0.25) is 0 Å². The Labute approximate surface area is 272 Å². The Hall–Kier alpha value is -4.38. The Bertz CT molecular complexity index is 1740. The average Bonchev–Trinajstić information content (AvgIpc) is 3.92. The number of benzene rings is 2. The van der Waals surface area contributed by atoms with Crippen molar-refractivity contribution in [3.05, 3.63) is 146 Å². The Balaban J connectivity index is 0.973. The van der Waals surface area contributed by atoms with Gasteiger partial charge in [-0.1, -0.05) is 25.1 Å². The highest BCUT2D eigenvalue weighted by atomic mass is 31.2. The van der Waals surface area contributed by atoms with Crippen LogP contribution >= 0.6 is 16.9 Å². The predicted molar refractivity (Wildman–Crippen MR) is 185 cm³/mol. The van der Waals surface area contributed by atoms with Crippen molar-refractivity contribution in [2.75, 3.05) is 6.61 Å². The smallest absolute Gasteiger partial charge is 0.318 e. The van der Waals surface area contributed by atoms with Crippen molar-refractivity contribution >= 4 is 16.9 Å². The second-order valence-electron chi connectivity index (χ2n) is 11.7. The predicted octanol–water partition coefficient (Wildman–Crippen LogP) is 8.95. The second-order valence-corrected chi connectivity index (χ2v) is 15.0. The van der Waals surface area contributed by atoms with Crippen LogP contribution in [0.15, 0.2) is 135 Å². The molecule has 0 radical (unpaired) electrons. The van der Waals surface area contributed by atoms with Crippen LogP contribution in [0.3, 0.4) is 0 Å². The SMILES string of the molecule is C[C@H](CCC1COc2c(cccc2OP(n2cccc2)n2cccc2)C1)Cc1cccc(OP(n2cccc2)n2cccc2)c1[OH2+]. The fourth-order valence-corrected chi connectivity index (χ4v) is 8.93. The molecule has 0 spiro atoms. The van der Waals surface area contributed by atoms with Crippen molar-refractivity contribution in [1.82, 2.24) is 17.4 Å². The number of para-hydroxylation sites is 2. The summed E-state index contributed by atoms with van der Waals surface area (Å²) in [6, 6.07) is 28.3. The van der Waals surface area contributed by atoms with Crippen molar-refractivity contribution in [2.24, 2.45) is 11.8 Å². The van der Waals surface area contributed by atoms with Crippen molar-refractivity contribution in [2.45, 2.75) is 32.6 Å². The fraction of sp³-hybridized carbons (Fsp3) is 0.222. The molecule has 5 heterocycles. The van der Waals surface area contributed by atoms with E-state index in [1.165, 1.54) is 5.56 Å². The average molecular weight is 654 g/mol. The highest BCUT2D eigenvalue weighted by molar-refractivity contribution is 7.49. The van der Waals surface area contributed by atoms with E-state index in [2.05, 4.69) is 42.5 Å². The zero-order valence-electron chi connectivity index (χ0n) is 25.8. The van der Waals surface area contributed by atoms with Crippen LogP contribution in [0.1, 0.15) is 30.9 Å². The first-order valence-electron chi connectivity index (χ1n) is 15.7. The lowest BCUT2D eigenvalue weighted by atomic mass is 9.88. The third kappa shape index (κ3) is 6.74. The molecule has 1 unspecified atom stereocenters. The van der Waals surface area contributed by atoms with E-state index in [0.717, 1.165) is 42.7 Å². The number of rotatable bonds is 13. The number of fused-ring (bicyclic) bond motifs is 1. The molecule has 0 fully saturated rings. The summed E-state index contributed by atoms with van der Waals surface area (Å²) < 4.78 is 27.9. The van der Waals surface area contributed by atoms with Crippen LogP contribution in [0.4, 0.5) is 0 Å². The van der Waals surface area contributed by atoms with Crippen LogP contribution in [0.25, 0.3) is 0 Å². The lowest BCUT2D eigenvalue weighted by Crippen LogP contribution is -2.22. The van der Waals surface area contributed by atoms with Gasteiger partial charge in [-0.2, -0.15) is 0 Å². The molecule has 2 N–H and O–H groups in total. The summed E-state index contributed by atoms with van der Waals surface area (Å²) in [6.07, 6.45) is 20.1. The topological polar surface area (TPSA) is 70.3 Å². The molecule has 46 heavy (non-hydrogen) atoms.